The van der Waals surface area contributed by atoms with Crippen molar-refractivity contribution in [1.29, 1.82) is 0 Å². The Morgan fingerprint density at radius 1 is 1.27 bits per heavy atom. The van der Waals surface area contributed by atoms with Gasteiger partial charge in [0.05, 0.1) is 0 Å². The van der Waals surface area contributed by atoms with E-state index in [9.17, 15) is 0 Å². The van der Waals surface area contributed by atoms with Gasteiger partial charge >= 0.3 is 0 Å². The number of hydrogen-bond acceptors (Lipinski definition) is 2. The van der Waals surface area contributed by atoms with E-state index < -0.39 is 0 Å². The Morgan fingerprint density at radius 2 is 2.00 bits per heavy atom. The van der Waals surface area contributed by atoms with Crippen molar-refractivity contribution < 1.29 is 9.47 Å². The van der Waals surface area contributed by atoms with E-state index in [-0.39, 0.29) is 0 Å². The normalized spacial score (nSPS) is 15.7. The highest BCUT2D eigenvalue weighted by Gasteiger charge is 2.12. The van der Waals surface area contributed by atoms with Gasteiger partial charge in [-0.1, -0.05) is 13.8 Å². The highest BCUT2D eigenvalue weighted by molar-refractivity contribution is 4.99. The fraction of sp³-hybridized carbons (Fsp3) is 0.556. The maximum atomic E-state index is 5.28. The lowest BCUT2D eigenvalue weighted by molar-refractivity contribution is 0.214. The molecule has 0 spiro atoms. The van der Waals surface area contributed by atoms with Crippen LogP contribution in [0.1, 0.15) is 26.7 Å². The molecule has 0 unspecified atom stereocenters. The van der Waals surface area contributed by atoms with E-state index in [4.69, 9.17) is 9.47 Å². The van der Waals surface area contributed by atoms with Crippen LogP contribution in [0.5, 0.6) is 0 Å². The third-order valence-corrected chi connectivity index (χ3v) is 1.91. The molecule has 1 rings (SSSR count). The maximum Gasteiger partial charge on any atom is 0.141 e. The zero-order valence-corrected chi connectivity index (χ0v) is 7.04. The summed E-state index contributed by atoms with van der Waals surface area (Å²) in [4.78, 5) is 0. The number of allylic oxidation sites excluding steroid dienone is 1. The molecule has 0 saturated heterocycles. The van der Waals surface area contributed by atoms with Crippen LogP contribution in [0.3, 0.4) is 0 Å². The van der Waals surface area contributed by atoms with Crippen molar-refractivity contribution in [3.63, 3.8) is 0 Å². The van der Waals surface area contributed by atoms with E-state index in [0.717, 1.165) is 18.6 Å². The molecule has 2 heteroatoms. The van der Waals surface area contributed by atoms with Crippen LogP contribution < -0.4 is 0 Å². The molecule has 62 valence electrons. The summed E-state index contributed by atoms with van der Waals surface area (Å²) >= 11 is 0. The predicted molar refractivity (Wildman–Crippen MR) is 43.5 cm³/mol. The summed E-state index contributed by atoms with van der Waals surface area (Å²) < 4.78 is 10.3. The standard InChI is InChI=1S/C9H14O2/c1-3-8(4-2)9-7-10-5-6-11-9/h5-8H,3-4H2,1-2H3. The van der Waals surface area contributed by atoms with E-state index in [1.807, 2.05) is 0 Å². The van der Waals surface area contributed by atoms with Crippen molar-refractivity contribution >= 4 is 0 Å². The minimum Gasteiger partial charge on any atom is -0.466 e. The molecule has 1 aliphatic heterocycles. The first kappa shape index (κ1) is 8.18. The second kappa shape index (κ2) is 4.06. The first-order valence-electron chi connectivity index (χ1n) is 4.05. The van der Waals surface area contributed by atoms with Gasteiger partial charge in [0.1, 0.15) is 24.5 Å². The van der Waals surface area contributed by atoms with Gasteiger partial charge in [0.25, 0.3) is 0 Å². The van der Waals surface area contributed by atoms with Crippen molar-refractivity contribution in [1.82, 2.24) is 0 Å². The average Bonchev–Trinajstić information content (AvgIpc) is 2.09. The van der Waals surface area contributed by atoms with Gasteiger partial charge in [-0.05, 0) is 12.8 Å². The molecule has 0 aromatic heterocycles. The van der Waals surface area contributed by atoms with Crippen LogP contribution in [-0.4, -0.2) is 0 Å². The summed E-state index contributed by atoms with van der Waals surface area (Å²) in [7, 11) is 0. The second-order valence-corrected chi connectivity index (χ2v) is 2.56. The van der Waals surface area contributed by atoms with E-state index in [1.54, 1.807) is 12.5 Å². The van der Waals surface area contributed by atoms with Crippen LogP contribution in [0.25, 0.3) is 0 Å². The predicted octanol–water partition coefficient (Wildman–Crippen LogP) is 2.78. The zero-order chi connectivity index (χ0) is 8.10. The minimum absolute atomic E-state index is 0.500. The molecule has 0 bridgehead atoms. The Bertz CT molecular complexity index is 166. The van der Waals surface area contributed by atoms with Crippen LogP contribution in [0, 0.1) is 5.92 Å². The summed E-state index contributed by atoms with van der Waals surface area (Å²) in [6.07, 6.45) is 6.98. The number of rotatable bonds is 3. The molecule has 0 aliphatic carbocycles. The largest absolute Gasteiger partial charge is 0.466 e. The van der Waals surface area contributed by atoms with Crippen molar-refractivity contribution in [2.75, 3.05) is 0 Å². The molecule has 11 heavy (non-hydrogen) atoms. The summed E-state index contributed by atoms with van der Waals surface area (Å²) in [5.41, 5.74) is 0. The Hall–Kier alpha value is -0.920. The fourth-order valence-electron chi connectivity index (χ4n) is 1.16. The molecule has 1 heterocycles. The summed E-state index contributed by atoms with van der Waals surface area (Å²) in [6.45, 7) is 4.30. The van der Waals surface area contributed by atoms with Gasteiger partial charge in [0, 0.05) is 5.92 Å². The topological polar surface area (TPSA) is 18.5 Å². The average molecular weight is 154 g/mol. The lowest BCUT2D eigenvalue weighted by Crippen LogP contribution is -2.05. The molecule has 1 aliphatic rings. The highest BCUT2D eigenvalue weighted by atomic mass is 16.5. The molecule has 0 aromatic rings. The van der Waals surface area contributed by atoms with E-state index >= 15 is 0 Å². The minimum atomic E-state index is 0.500. The lowest BCUT2D eigenvalue weighted by atomic mass is 10.0. The molecular weight excluding hydrogens is 140 g/mol. The van der Waals surface area contributed by atoms with Gasteiger partial charge in [-0.25, -0.2) is 0 Å². The van der Waals surface area contributed by atoms with Gasteiger partial charge in [-0.15, -0.1) is 0 Å². The molecule has 0 amide bonds. The Balaban J connectivity index is 2.50. The van der Waals surface area contributed by atoms with Crippen molar-refractivity contribution in [2.45, 2.75) is 26.7 Å². The second-order valence-electron chi connectivity index (χ2n) is 2.56. The fourth-order valence-corrected chi connectivity index (χ4v) is 1.16. The van der Waals surface area contributed by atoms with Crippen LogP contribution in [0.15, 0.2) is 24.5 Å². The monoisotopic (exact) mass is 154 g/mol. The first-order chi connectivity index (χ1) is 5.38. The smallest absolute Gasteiger partial charge is 0.141 e. The Morgan fingerprint density at radius 3 is 2.45 bits per heavy atom. The van der Waals surface area contributed by atoms with E-state index in [0.29, 0.717) is 5.92 Å². The molecule has 0 radical (unpaired) electrons. The van der Waals surface area contributed by atoms with Gasteiger partial charge in [-0.3, -0.25) is 0 Å². The Kier molecular flexibility index (Phi) is 3.02. The quantitative estimate of drug-likeness (QED) is 0.622. The number of hydrogen-bond donors (Lipinski definition) is 0. The van der Waals surface area contributed by atoms with Crippen LogP contribution in [-0.2, 0) is 9.47 Å². The highest BCUT2D eigenvalue weighted by Crippen LogP contribution is 2.21. The summed E-state index contributed by atoms with van der Waals surface area (Å²) in [5.74, 6) is 1.44. The molecule has 0 aromatic carbocycles. The van der Waals surface area contributed by atoms with E-state index in [1.165, 1.54) is 6.26 Å². The molecule has 0 N–H and O–H groups in total. The van der Waals surface area contributed by atoms with Crippen LogP contribution >= 0.6 is 0 Å². The first-order valence-corrected chi connectivity index (χ1v) is 4.05. The van der Waals surface area contributed by atoms with Gasteiger partial charge in [-0.2, -0.15) is 0 Å². The van der Waals surface area contributed by atoms with Gasteiger partial charge < -0.3 is 9.47 Å². The Labute approximate surface area is 67.5 Å². The third-order valence-electron chi connectivity index (χ3n) is 1.91. The van der Waals surface area contributed by atoms with Crippen molar-refractivity contribution in [3.05, 3.63) is 24.5 Å². The van der Waals surface area contributed by atoms with Crippen molar-refractivity contribution in [3.8, 4) is 0 Å². The van der Waals surface area contributed by atoms with E-state index in [2.05, 4.69) is 13.8 Å². The van der Waals surface area contributed by atoms with Crippen molar-refractivity contribution in [2.24, 2.45) is 5.92 Å². The zero-order valence-electron chi connectivity index (χ0n) is 7.04. The molecule has 0 fully saturated rings. The third kappa shape index (κ3) is 2.00. The van der Waals surface area contributed by atoms with Gasteiger partial charge in [0.2, 0.25) is 0 Å². The SMILES string of the molecule is CCC(CC)C1=COC=CO1. The molecular formula is C9H14O2. The molecule has 2 nitrogen and oxygen atoms in total. The molecule has 0 atom stereocenters. The van der Waals surface area contributed by atoms with Crippen LogP contribution in [0.2, 0.25) is 0 Å². The summed E-state index contributed by atoms with van der Waals surface area (Å²) in [5, 5.41) is 0. The summed E-state index contributed by atoms with van der Waals surface area (Å²) in [6, 6.07) is 0. The molecule has 0 saturated carbocycles. The van der Waals surface area contributed by atoms with Gasteiger partial charge in [0.15, 0.2) is 0 Å². The maximum absolute atomic E-state index is 5.28. The van der Waals surface area contributed by atoms with Crippen LogP contribution in [0.4, 0.5) is 0 Å². The number of ether oxygens (including phenoxy) is 2. The lowest BCUT2D eigenvalue weighted by Gasteiger charge is -2.17.